The van der Waals surface area contributed by atoms with Crippen molar-refractivity contribution in [3.05, 3.63) is 99.8 Å². The predicted molar refractivity (Wildman–Crippen MR) is 123 cm³/mol. The molecule has 6 nitrogen and oxygen atoms in total. The lowest BCUT2D eigenvalue weighted by molar-refractivity contribution is -0.137. The standard InChI is InChI=1S/C25H20F3N3O3/c1-14(29-23(33)21-19-10-2-3-11-20(19)31-24(34)22(21)32)15-6-4-8-17(12-15)30-18-9-5-7-16(13-18)25(26,27)28/h2-14,30,32H,1H3,(H,29,33)(H,31,34)/t14-/m1/s1. The fourth-order valence-electron chi connectivity index (χ4n) is 3.64. The Labute approximate surface area is 192 Å². The Bertz CT molecular complexity index is 1430. The summed E-state index contributed by atoms with van der Waals surface area (Å²) in [6.45, 7) is 1.72. The number of halogens is 3. The second-order valence-electron chi connectivity index (χ2n) is 7.75. The Morgan fingerprint density at radius 3 is 2.38 bits per heavy atom. The van der Waals surface area contributed by atoms with Crippen LogP contribution in [0.4, 0.5) is 24.5 Å². The van der Waals surface area contributed by atoms with E-state index < -0.39 is 35.0 Å². The Kier molecular flexibility index (Phi) is 6.02. The molecule has 0 saturated carbocycles. The van der Waals surface area contributed by atoms with Gasteiger partial charge in [0.2, 0.25) is 0 Å². The number of fused-ring (bicyclic) bond motifs is 1. The monoisotopic (exact) mass is 467 g/mol. The van der Waals surface area contributed by atoms with Crippen molar-refractivity contribution in [2.24, 2.45) is 0 Å². The number of amides is 1. The molecular formula is C25H20F3N3O3. The molecule has 9 heteroatoms. The number of anilines is 2. The third kappa shape index (κ3) is 4.73. The number of carbonyl (C=O) groups excluding carboxylic acids is 1. The number of carbonyl (C=O) groups is 1. The summed E-state index contributed by atoms with van der Waals surface area (Å²) in [5, 5.41) is 16.3. The highest BCUT2D eigenvalue weighted by Gasteiger charge is 2.30. The van der Waals surface area contributed by atoms with Crippen molar-refractivity contribution < 1.29 is 23.1 Å². The van der Waals surface area contributed by atoms with Gasteiger partial charge in [-0.15, -0.1) is 0 Å². The van der Waals surface area contributed by atoms with Crippen molar-refractivity contribution >= 4 is 28.2 Å². The predicted octanol–water partition coefficient (Wildman–Crippen LogP) is 5.49. The molecule has 0 unspecified atom stereocenters. The molecule has 0 aliphatic heterocycles. The molecule has 0 aliphatic rings. The van der Waals surface area contributed by atoms with E-state index in [0.29, 0.717) is 22.2 Å². The van der Waals surface area contributed by atoms with Crippen molar-refractivity contribution in [3.8, 4) is 5.75 Å². The molecule has 0 bridgehead atoms. The highest BCUT2D eigenvalue weighted by molar-refractivity contribution is 6.08. The molecule has 4 aromatic rings. The van der Waals surface area contributed by atoms with Crippen LogP contribution in [0.1, 0.15) is 34.5 Å². The maximum absolute atomic E-state index is 13.0. The lowest BCUT2D eigenvalue weighted by Crippen LogP contribution is -2.28. The highest BCUT2D eigenvalue weighted by Crippen LogP contribution is 2.32. The van der Waals surface area contributed by atoms with Crippen LogP contribution in [0.5, 0.6) is 5.75 Å². The molecule has 0 saturated heterocycles. The van der Waals surface area contributed by atoms with Gasteiger partial charge in [-0.05, 0) is 48.9 Å². The van der Waals surface area contributed by atoms with Crippen molar-refractivity contribution in [1.82, 2.24) is 10.3 Å². The van der Waals surface area contributed by atoms with Crippen molar-refractivity contribution in [2.45, 2.75) is 19.1 Å². The number of nitrogens with one attached hydrogen (secondary N) is 3. The van der Waals surface area contributed by atoms with Gasteiger partial charge >= 0.3 is 6.18 Å². The Hall–Kier alpha value is -4.27. The molecule has 174 valence electrons. The number of rotatable bonds is 5. The Balaban J connectivity index is 1.57. The zero-order chi connectivity index (χ0) is 24.5. The fraction of sp³-hybridized carbons (Fsp3) is 0.120. The summed E-state index contributed by atoms with van der Waals surface area (Å²) in [4.78, 5) is 27.5. The number of aromatic amines is 1. The van der Waals surface area contributed by atoms with Gasteiger partial charge in [-0.1, -0.05) is 36.4 Å². The second kappa shape index (κ2) is 8.93. The number of benzene rings is 3. The quantitative estimate of drug-likeness (QED) is 0.312. The zero-order valence-electron chi connectivity index (χ0n) is 17.9. The minimum Gasteiger partial charge on any atom is -0.502 e. The van der Waals surface area contributed by atoms with Crippen LogP contribution >= 0.6 is 0 Å². The second-order valence-corrected chi connectivity index (χ2v) is 7.75. The smallest absolute Gasteiger partial charge is 0.416 e. The van der Waals surface area contributed by atoms with E-state index in [0.717, 1.165) is 12.1 Å². The number of para-hydroxylation sites is 1. The molecule has 4 rings (SSSR count). The summed E-state index contributed by atoms with van der Waals surface area (Å²) in [5.41, 5.74) is 0.202. The van der Waals surface area contributed by atoms with E-state index in [-0.39, 0.29) is 11.3 Å². The molecule has 0 fully saturated rings. The lowest BCUT2D eigenvalue weighted by atomic mass is 10.0. The molecule has 1 heterocycles. The number of pyridine rings is 1. The van der Waals surface area contributed by atoms with Gasteiger partial charge in [0.05, 0.1) is 17.2 Å². The van der Waals surface area contributed by atoms with Gasteiger partial charge < -0.3 is 20.7 Å². The first kappa shape index (κ1) is 22.9. The topological polar surface area (TPSA) is 94.2 Å². The van der Waals surface area contributed by atoms with Crippen molar-refractivity contribution in [3.63, 3.8) is 0 Å². The van der Waals surface area contributed by atoms with E-state index in [1.807, 2.05) is 0 Å². The van der Waals surface area contributed by atoms with Crippen molar-refractivity contribution in [1.29, 1.82) is 0 Å². The number of hydrogen-bond acceptors (Lipinski definition) is 4. The normalized spacial score (nSPS) is 12.4. The van der Waals surface area contributed by atoms with Gasteiger partial charge in [0.1, 0.15) is 0 Å². The first-order valence-corrected chi connectivity index (χ1v) is 10.3. The van der Waals surface area contributed by atoms with Crippen LogP contribution in [-0.2, 0) is 6.18 Å². The first-order valence-electron chi connectivity index (χ1n) is 10.3. The lowest BCUT2D eigenvalue weighted by Gasteiger charge is -2.17. The molecule has 1 amide bonds. The molecule has 0 radical (unpaired) electrons. The SMILES string of the molecule is C[C@@H](NC(=O)c1c(O)c(=O)[nH]c2ccccc12)c1cccc(Nc2cccc(C(F)(F)F)c2)c1. The number of aromatic nitrogens is 1. The molecular weight excluding hydrogens is 447 g/mol. The van der Waals surface area contributed by atoms with E-state index in [1.165, 1.54) is 12.1 Å². The maximum atomic E-state index is 13.0. The fourth-order valence-corrected chi connectivity index (χ4v) is 3.64. The third-order valence-corrected chi connectivity index (χ3v) is 5.34. The van der Waals surface area contributed by atoms with E-state index in [2.05, 4.69) is 15.6 Å². The summed E-state index contributed by atoms with van der Waals surface area (Å²) in [7, 11) is 0. The van der Waals surface area contributed by atoms with Gasteiger partial charge in [-0.3, -0.25) is 9.59 Å². The van der Waals surface area contributed by atoms with E-state index in [1.54, 1.807) is 55.5 Å². The Morgan fingerprint density at radius 1 is 0.971 bits per heavy atom. The summed E-state index contributed by atoms with van der Waals surface area (Å²) in [6.07, 6.45) is -4.45. The summed E-state index contributed by atoms with van der Waals surface area (Å²) in [5.74, 6) is -1.31. The summed E-state index contributed by atoms with van der Waals surface area (Å²) in [6, 6.07) is 17.8. The van der Waals surface area contributed by atoms with Crippen LogP contribution in [0.3, 0.4) is 0 Å². The average molecular weight is 467 g/mol. The minimum absolute atomic E-state index is 0.135. The maximum Gasteiger partial charge on any atom is 0.416 e. The van der Waals surface area contributed by atoms with Crippen LogP contribution in [0.25, 0.3) is 10.9 Å². The highest BCUT2D eigenvalue weighted by atomic mass is 19.4. The van der Waals surface area contributed by atoms with Crippen LogP contribution in [0.15, 0.2) is 77.6 Å². The van der Waals surface area contributed by atoms with E-state index >= 15 is 0 Å². The molecule has 0 aliphatic carbocycles. The average Bonchev–Trinajstić information content (AvgIpc) is 2.79. The number of aromatic hydroxyl groups is 1. The third-order valence-electron chi connectivity index (χ3n) is 5.34. The van der Waals surface area contributed by atoms with Crippen LogP contribution < -0.4 is 16.2 Å². The van der Waals surface area contributed by atoms with E-state index in [9.17, 15) is 27.9 Å². The van der Waals surface area contributed by atoms with Gasteiger partial charge in [0.25, 0.3) is 11.5 Å². The van der Waals surface area contributed by atoms with Gasteiger partial charge in [0, 0.05) is 22.3 Å². The molecule has 4 N–H and O–H groups in total. The van der Waals surface area contributed by atoms with Gasteiger partial charge in [-0.2, -0.15) is 13.2 Å². The largest absolute Gasteiger partial charge is 0.502 e. The molecule has 1 atom stereocenters. The number of alkyl halides is 3. The zero-order valence-corrected chi connectivity index (χ0v) is 17.9. The summed E-state index contributed by atoms with van der Waals surface area (Å²) >= 11 is 0. The molecule has 34 heavy (non-hydrogen) atoms. The van der Waals surface area contributed by atoms with Crippen LogP contribution in [0, 0.1) is 0 Å². The molecule has 0 spiro atoms. The number of hydrogen-bond donors (Lipinski definition) is 4. The van der Waals surface area contributed by atoms with Crippen molar-refractivity contribution in [2.75, 3.05) is 5.32 Å². The van der Waals surface area contributed by atoms with Gasteiger partial charge in [-0.25, -0.2) is 0 Å². The van der Waals surface area contributed by atoms with Gasteiger partial charge in [0.15, 0.2) is 5.75 Å². The van der Waals surface area contributed by atoms with Crippen LogP contribution in [0.2, 0.25) is 0 Å². The number of H-pyrrole nitrogens is 1. The first-order chi connectivity index (χ1) is 16.1. The molecule has 1 aromatic heterocycles. The summed E-state index contributed by atoms with van der Waals surface area (Å²) < 4.78 is 38.9. The Morgan fingerprint density at radius 2 is 1.65 bits per heavy atom. The van der Waals surface area contributed by atoms with Crippen LogP contribution in [-0.4, -0.2) is 16.0 Å². The minimum atomic E-state index is -4.45. The van der Waals surface area contributed by atoms with E-state index in [4.69, 9.17) is 0 Å². The molecule has 3 aromatic carbocycles.